The predicted octanol–water partition coefficient (Wildman–Crippen LogP) is 7.51. The zero-order valence-electron chi connectivity index (χ0n) is 21.7. The van der Waals surface area contributed by atoms with Crippen LogP contribution >= 0.6 is 23.2 Å². The lowest BCUT2D eigenvalue weighted by atomic mass is 9.95. The lowest BCUT2D eigenvalue weighted by molar-refractivity contribution is -0.141. The van der Waals surface area contributed by atoms with Gasteiger partial charge in [-0.2, -0.15) is 0 Å². The number of aliphatic carboxylic acids is 1. The molecule has 1 unspecified atom stereocenters. The third-order valence-electron chi connectivity index (χ3n) is 6.25. The summed E-state index contributed by atoms with van der Waals surface area (Å²) >= 11 is 12.2. The molecular formula is C31H27Cl2N3O4. The van der Waals surface area contributed by atoms with Crippen molar-refractivity contribution in [1.29, 1.82) is 0 Å². The topological polar surface area (TPSA) is 92.6 Å². The molecule has 4 aromatic rings. The van der Waals surface area contributed by atoms with Gasteiger partial charge in [0.15, 0.2) is 5.78 Å². The van der Waals surface area contributed by atoms with Crippen molar-refractivity contribution in [3.63, 3.8) is 0 Å². The molecule has 0 fully saturated rings. The van der Waals surface area contributed by atoms with Crippen LogP contribution in [0.3, 0.4) is 0 Å². The third-order valence-corrected chi connectivity index (χ3v) is 6.88. The molecular weight excluding hydrogens is 549 g/mol. The van der Waals surface area contributed by atoms with E-state index in [0.29, 0.717) is 12.5 Å². The molecule has 0 aliphatic heterocycles. The predicted molar refractivity (Wildman–Crippen MR) is 157 cm³/mol. The maximum Gasteiger partial charge on any atom is 0.307 e. The van der Waals surface area contributed by atoms with Gasteiger partial charge in [0.25, 0.3) is 0 Å². The number of aromatic nitrogens is 2. The van der Waals surface area contributed by atoms with Crippen LogP contribution in [0.2, 0.25) is 10.0 Å². The first-order valence-corrected chi connectivity index (χ1v) is 13.3. The second-order valence-corrected chi connectivity index (χ2v) is 9.79. The fourth-order valence-corrected chi connectivity index (χ4v) is 4.73. The molecule has 3 aromatic carbocycles. The molecule has 1 atom stereocenters. The number of carboxylic acids is 1. The number of allylic oxidation sites excluding steroid dienone is 1. The lowest BCUT2D eigenvalue weighted by Crippen LogP contribution is -2.18. The van der Waals surface area contributed by atoms with Gasteiger partial charge in [0, 0.05) is 24.5 Å². The molecule has 1 heterocycles. The molecule has 0 bridgehead atoms. The highest BCUT2D eigenvalue weighted by atomic mass is 35.5. The molecule has 0 aliphatic rings. The van der Waals surface area contributed by atoms with E-state index in [2.05, 4.69) is 9.97 Å². The zero-order chi connectivity index (χ0) is 28.5. The highest BCUT2D eigenvalue weighted by molar-refractivity contribution is 6.39. The van der Waals surface area contributed by atoms with E-state index >= 15 is 0 Å². The first kappa shape index (κ1) is 28.8. The maximum atomic E-state index is 12.7. The largest absolute Gasteiger partial charge is 0.497 e. The van der Waals surface area contributed by atoms with E-state index in [9.17, 15) is 14.7 Å². The number of ether oxygens (including phenoxy) is 1. The SMILES string of the molecule is COc1ccc(CN(c2ccc(/C=C/CC(CC(=O)c3c(Cl)cccc3Cl)C(=O)O)cc2)c2ncccn2)cc1. The van der Waals surface area contributed by atoms with Crippen LogP contribution in [0.4, 0.5) is 11.6 Å². The van der Waals surface area contributed by atoms with E-state index in [-0.39, 0.29) is 28.5 Å². The van der Waals surface area contributed by atoms with Crippen LogP contribution in [-0.2, 0) is 11.3 Å². The Balaban J connectivity index is 1.46. The quantitative estimate of drug-likeness (QED) is 0.175. The second kappa shape index (κ2) is 13.7. The number of rotatable bonds is 12. The van der Waals surface area contributed by atoms with Gasteiger partial charge in [-0.3, -0.25) is 9.59 Å². The Bertz CT molecular complexity index is 1460. The normalized spacial score (nSPS) is 11.8. The number of anilines is 2. The van der Waals surface area contributed by atoms with Crippen molar-refractivity contribution in [2.75, 3.05) is 12.0 Å². The number of methoxy groups -OCH3 is 1. The van der Waals surface area contributed by atoms with Gasteiger partial charge in [0.05, 0.1) is 35.2 Å². The Morgan fingerprint density at radius 2 is 1.60 bits per heavy atom. The molecule has 204 valence electrons. The van der Waals surface area contributed by atoms with Gasteiger partial charge in [-0.1, -0.05) is 65.7 Å². The smallest absolute Gasteiger partial charge is 0.307 e. The van der Waals surface area contributed by atoms with E-state index < -0.39 is 17.7 Å². The maximum absolute atomic E-state index is 12.7. The molecule has 0 spiro atoms. The van der Waals surface area contributed by atoms with E-state index in [0.717, 1.165) is 22.6 Å². The Hall–Kier alpha value is -4.20. The zero-order valence-corrected chi connectivity index (χ0v) is 23.2. The summed E-state index contributed by atoms with van der Waals surface area (Å²) < 4.78 is 5.26. The Labute approximate surface area is 242 Å². The number of benzene rings is 3. The summed E-state index contributed by atoms with van der Waals surface area (Å²) in [5.74, 6) is -1.03. The third kappa shape index (κ3) is 7.46. The van der Waals surface area contributed by atoms with Gasteiger partial charge in [0.1, 0.15) is 5.75 Å². The van der Waals surface area contributed by atoms with E-state index in [1.165, 1.54) is 0 Å². The van der Waals surface area contributed by atoms with Crippen LogP contribution in [0.25, 0.3) is 6.08 Å². The average molecular weight is 576 g/mol. The van der Waals surface area contributed by atoms with Gasteiger partial charge >= 0.3 is 5.97 Å². The first-order valence-electron chi connectivity index (χ1n) is 12.5. The minimum atomic E-state index is -1.06. The monoisotopic (exact) mass is 575 g/mol. The summed E-state index contributed by atoms with van der Waals surface area (Å²) in [4.78, 5) is 35.4. The van der Waals surface area contributed by atoms with Gasteiger partial charge in [-0.25, -0.2) is 9.97 Å². The Morgan fingerprint density at radius 1 is 0.950 bits per heavy atom. The highest BCUT2D eigenvalue weighted by Crippen LogP contribution is 2.28. The van der Waals surface area contributed by atoms with E-state index in [1.54, 1.807) is 49.8 Å². The number of Topliss-reactive ketones (excluding diaryl/α,β-unsaturated/α-hetero) is 1. The molecule has 0 saturated heterocycles. The van der Waals surface area contributed by atoms with Crippen molar-refractivity contribution in [3.8, 4) is 5.75 Å². The van der Waals surface area contributed by atoms with Crippen LogP contribution < -0.4 is 9.64 Å². The van der Waals surface area contributed by atoms with Crippen LogP contribution in [-0.4, -0.2) is 33.9 Å². The number of carbonyl (C=O) groups is 2. The lowest BCUT2D eigenvalue weighted by Gasteiger charge is -2.23. The van der Waals surface area contributed by atoms with Crippen molar-refractivity contribution >= 4 is 52.7 Å². The van der Waals surface area contributed by atoms with E-state index in [4.69, 9.17) is 27.9 Å². The van der Waals surface area contributed by atoms with Crippen molar-refractivity contribution in [3.05, 3.63) is 118 Å². The van der Waals surface area contributed by atoms with Crippen molar-refractivity contribution in [2.24, 2.45) is 5.92 Å². The van der Waals surface area contributed by atoms with E-state index in [1.807, 2.05) is 59.5 Å². The van der Waals surface area contributed by atoms with Gasteiger partial charge in [-0.15, -0.1) is 0 Å². The van der Waals surface area contributed by atoms with Crippen LogP contribution in [0, 0.1) is 5.92 Å². The molecule has 0 radical (unpaired) electrons. The molecule has 7 nitrogen and oxygen atoms in total. The molecule has 1 N–H and O–H groups in total. The van der Waals surface area contributed by atoms with Crippen LogP contribution in [0.5, 0.6) is 5.75 Å². The number of carbonyl (C=O) groups excluding carboxylic acids is 1. The number of ketones is 1. The van der Waals surface area contributed by atoms with Crippen molar-refractivity contribution in [2.45, 2.75) is 19.4 Å². The number of halogens is 2. The average Bonchev–Trinajstić information content (AvgIpc) is 2.96. The van der Waals surface area contributed by atoms with Gasteiger partial charge in [0.2, 0.25) is 5.95 Å². The van der Waals surface area contributed by atoms with Gasteiger partial charge < -0.3 is 14.7 Å². The molecule has 0 amide bonds. The molecule has 40 heavy (non-hydrogen) atoms. The van der Waals surface area contributed by atoms with Crippen LogP contribution in [0.15, 0.2) is 91.3 Å². The van der Waals surface area contributed by atoms with Crippen molar-refractivity contribution in [1.82, 2.24) is 9.97 Å². The fourth-order valence-electron chi connectivity index (χ4n) is 4.12. The minimum Gasteiger partial charge on any atom is -0.497 e. The number of carboxylic acid groups (broad SMARTS) is 1. The van der Waals surface area contributed by atoms with Crippen molar-refractivity contribution < 1.29 is 19.4 Å². The summed E-state index contributed by atoms with van der Waals surface area (Å²) in [6.07, 6.45) is 6.95. The number of hydrogen-bond acceptors (Lipinski definition) is 6. The molecule has 9 heteroatoms. The Kier molecular flexibility index (Phi) is 9.89. The highest BCUT2D eigenvalue weighted by Gasteiger charge is 2.23. The second-order valence-electron chi connectivity index (χ2n) is 8.97. The fraction of sp³-hybridized carbons (Fsp3) is 0.161. The summed E-state index contributed by atoms with van der Waals surface area (Å²) in [5.41, 5.74) is 2.99. The summed E-state index contributed by atoms with van der Waals surface area (Å²) in [6.45, 7) is 0.549. The summed E-state index contributed by atoms with van der Waals surface area (Å²) in [5, 5.41) is 10.1. The van der Waals surface area contributed by atoms with Gasteiger partial charge in [-0.05, 0) is 60.0 Å². The van der Waals surface area contributed by atoms with Crippen LogP contribution in [0.1, 0.15) is 34.3 Å². The first-order chi connectivity index (χ1) is 19.4. The summed E-state index contributed by atoms with van der Waals surface area (Å²) in [6, 6.07) is 22.1. The Morgan fingerprint density at radius 3 is 2.20 bits per heavy atom. The number of nitrogens with zero attached hydrogens (tertiary/aromatic N) is 3. The molecule has 4 rings (SSSR count). The number of hydrogen-bond donors (Lipinski definition) is 1. The molecule has 0 saturated carbocycles. The molecule has 0 aliphatic carbocycles. The standard InChI is InChI=1S/C31H27Cl2N3O4/c1-40-25-15-11-22(12-16-25)20-36(31-34-17-4-18-35-31)24-13-9-21(10-14-24)5-2-6-23(30(38)39)19-28(37)29-26(32)7-3-8-27(29)33/h2-5,7-18,23H,6,19-20H2,1H3,(H,38,39)/b5-2+. The minimum absolute atomic E-state index is 0.151. The molecule has 1 aromatic heterocycles. The summed E-state index contributed by atoms with van der Waals surface area (Å²) in [7, 11) is 1.63.